The van der Waals surface area contributed by atoms with Crippen molar-refractivity contribution in [2.24, 2.45) is 23.7 Å². The summed E-state index contributed by atoms with van der Waals surface area (Å²) in [5, 5.41) is 3.40. The molecule has 1 N–H and O–H groups in total. The molecule has 1 unspecified atom stereocenters. The predicted octanol–water partition coefficient (Wildman–Crippen LogP) is 3.84. The van der Waals surface area contributed by atoms with Crippen molar-refractivity contribution in [1.29, 1.82) is 0 Å². The van der Waals surface area contributed by atoms with Crippen LogP contribution >= 0.6 is 0 Å². The van der Waals surface area contributed by atoms with Gasteiger partial charge >= 0.3 is 0 Å². The van der Waals surface area contributed by atoms with Gasteiger partial charge in [-0.15, -0.1) is 0 Å². The van der Waals surface area contributed by atoms with Crippen LogP contribution in [0.2, 0.25) is 0 Å². The lowest BCUT2D eigenvalue weighted by Crippen LogP contribution is -2.43. The summed E-state index contributed by atoms with van der Waals surface area (Å²) < 4.78 is 0. The largest absolute Gasteiger partial charge is 0.316 e. The van der Waals surface area contributed by atoms with Crippen LogP contribution < -0.4 is 5.32 Å². The molecule has 0 aromatic carbocycles. The van der Waals surface area contributed by atoms with Gasteiger partial charge < -0.3 is 5.32 Å². The second kappa shape index (κ2) is 6.05. The van der Waals surface area contributed by atoms with Gasteiger partial charge in [-0.2, -0.15) is 0 Å². The number of rotatable bonds is 5. The first-order valence-electron chi connectivity index (χ1n) is 7.44. The van der Waals surface area contributed by atoms with Gasteiger partial charge in [-0.3, -0.25) is 0 Å². The lowest BCUT2D eigenvalue weighted by Gasteiger charge is -2.35. The smallest absolute Gasteiger partial charge is 0.000815 e. The van der Waals surface area contributed by atoms with Crippen LogP contribution in [0.4, 0.5) is 0 Å². The Balaban J connectivity index is 1.66. The highest BCUT2D eigenvalue weighted by Gasteiger charge is 2.26. The quantitative estimate of drug-likeness (QED) is 0.747. The Hall–Kier alpha value is -0.0400. The molecule has 1 heteroatoms. The topological polar surface area (TPSA) is 12.0 Å². The maximum Gasteiger partial charge on any atom is -0.000815 e. The Morgan fingerprint density at radius 1 is 1.06 bits per heavy atom. The van der Waals surface area contributed by atoms with Gasteiger partial charge in [0.1, 0.15) is 0 Å². The molecular weight excluding hydrogens is 194 g/mol. The second-order valence-electron chi connectivity index (χ2n) is 6.63. The van der Waals surface area contributed by atoms with Gasteiger partial charge in [-0.25, -0.2) is 0 Å². The Bertz CT molecular complexity index is 196. The van der Waals surface area contributed by atoms with Crippen molar-refractivity contribution in [3.05, 3.63) is 0 Å². The molecule has 1 heterocycles. The van der Waals surface area contributed by atoms with E-state index in [2.05, 4.69) is 19.2 Å². The van der Waals surface area contributed by atoms with Gasteiger partial charge in [0.2, 0.25) is 0 Å². The van der Waals surface area contributed by atoms with Gasteiger partial charge in [-0.1, -0.05) is 46.0 Å². The molecule has 16 heavy (non-hydrogen) atoms. The molecule has 0 aromatic heterocycles. The molecule has 2 aliphatic rings. The van der Waals surface area contributed by atoms with Crippen molar-refractivity contribution in [3.8, 4) is 0 Å². The third-order valence-electron chi connectivity index (χ3n) is 4.58. The van der Waals surface area contributed by atoms with E-state index >= 15 is 0 Å². The Morgan fingerprint density at radius 2 is 1.81 bits per heavy atom. The third-order valence-corrected chi connectivity index (χ3v) is 4.58. The summed E-state index contributed by atoms with van der Waals surface area (Å²) in [6.45, 7) is 7.32. The van der Waals surface area contributed by atoms with Crippen LogP contribution in [0.1, 0.15) is 58.8 Å². The normalized spacial score (nSPS) is 31.7. The minimum absolute atomic E-state index is 0.899. The molecular formula is C15H29N. The van der Waals surface area contributed by atoms with E-state index in [4.69, 9.17) is 0 Å². The number of hydrogen-bond acceptors (Lipinski definition) is 1. The average Bonchev–Trinajstić information content (AvgIpc) is 2.21. The summed E-state index contributed by atoms with van der Waals surface area (Å²) in [4.78, 5) is 0. The molecule has 2 rings (SSSR count). The van der Waals surface area contributed by atoms with Crippen LogP contribution in [-0.2, 0) is 0 Å². The summed E-state index contributed by atoms with van der Waals surface area (Å²) >= 11 is 0. The zero-order chi connectivity index (χ0) is 11.4. The molecule has 94 valence electrons. The fraction of sp³-hybridized carbons (Fsp3) is 1.00. The maximum absolute atomic E-state index is 3.40. The van der Waals surface area contributed by atoms with E-state index in [1.54, 1.807) is 6.42 Å². The first-order chi connectivity index (χ1) is 7.74. The van der Waals surface area contributed by atoms with E-state index in [1.807, 2.05) is 0 Å². The molecule has 0 spiro atoms. The molecule has 0 aromatic rings. The van der Waals surface area contributed by atoms with E-state index in [0.717, 1.165) is 23.7 Å². The summed E-state index contributed by atoms with van der Waals surface area (Å²) in [6, 6.07) is 0. The highest BCUT2D eigenvalue weighted by molar-refractivity contribution is 4.81. The highest BCUT2D eigenvalue weighted by Crippen LogP contribution is 2.36. The fourth-order valence-electron chi connectivity index (χ4n) is 3.43. The first kappa shape index (κ1) is 12.4. The standard InChI is InChI=1S/C15H29N/c1-12(2)6-7-13-4-3-5-14(8-13)9-15-10-16-11-15/h12-16H,3-11H2,1-2H3/t13-,14?/m1/s1. The third kappa shape index (κ3) is 3.76. The van der Waals surface area contributed by atoms with Crippen molar-refractivity contribution in [1.82, 2.24) is 5.32 Å². The van der Waals surface area contributed by atoms with Crippen LogP contribution in [0.3, 0.4) is 0 Å². The molecule has 1 saturated carbocycles. The van der Waals surface area contributed by atoms with E-state index in [9.17, 15) is 0 Å². The minimum Gasteiger partial charge on any atom is -0.316 e. The van der Waals surface area contributed by atoms with Gasteiger partial charge in [0.15, 0.2) is 0 Å². The Kier molecular flexibility index (Phi) is 4.69. The molecule has 1 aliphatic heterocycles. The summed E-state index contributed by atoms with van der Waals surface area (Å²) in [5.41, 5.74) is 0. The van der Waals surface area contributed by atoms with Crippen molar-refractivity contribution >= 4 is 0 Å². The monoisotopic (exact) mass is 223 g/mol. The van der Waals surface area contributed by atoms with Gasteiger partial charge in [0.05, 0.1) is 0 Å². The molecule has 1 nitrogen and oxygen atoms in total. The number of nitrogens with one attached hydrogen (secondary N) is 1. The summed E-state index contributed by atoms with van der Waals surface area (Å²) in [6.07, 6.45) is 10.6. The van der Waals surface area contributed by atoms with E-state index in [1.165, 1.54) is 51.6 Å². The molecule has 1 aliphatic carbocycles. The van der Waals surface area contributed by atoms with Gasteiger partial charge in [0.25, 0.3) is 0 Å². The maximum atomic E-state index is 3.40. The lowest BCUT2D eigenvalue weighted by atomic mass is 9.74. The molecule has 2 atom stereocenters. The van der Waals surface area contributed by atoms with Crippen molar-refractivity contribution in [2.45, 2.75) is 58.8 Å². The first-order valence-corrected chi connectivity index (χ1v) is 7.44. The van der Waals surface area contributed by atoms with E-state index in [0.29, 0.717) is 0 Å². The van der Waals surface area contributed by atoms with E-state index < -0.39 is 0 Å². The average molecular weight is 223 g/mol. The van der Waals surface area contributed by atoms with Crippen LogP contribution in [0.15, 0.2) is 0 Å². The van der Waals surface area contributed by atoms with Crippen molar-refractivity contribution in [2.75, 3.05) is 13.1 Å². The fourth-order valence-corrected chi connectivity index (χ4v) is 3.43. The van der Waals surface area contributed by atoms with Crippen LogP contribution in [0, 0.1) is 23.7 Å². The van der Waals surface area contributed by atoms with Gasteiger partial charge in [0, 0.05) is 0 Å². The lowest BCUT2D eigenvalue weighted by molar-refractivity contribution is 0.188. The van der Waals surface area contributed by atoms with E-state index in [-0.39, 0.29) is 0 Å². The van der Waals surface area contributed by atoms with Crippen molar-refractivity contribution < 1.29 is 0 Å². The molecule has 1 saturated heterocycles. The van der Waals surface area contributed by atoms with Crippen LogP contribution in [-0.4, -0.2) is 13.1 Å². The Labute approximate surface area is 101 Å². The predicted molar refractivity (Wildman–Crippen MR) is 70.5 cm³/mol. The molecule has 2 fully saturated rings. The van der Waals surface area contributed by atoms with Crippen LogP contribution in [0.5, 0.6) is 0 Å². The van der Waals surface area contributed by atoms with Crippen molar-refractivity contribution in [3.63, 3.8) is 0 Å². The molecule has 0 radical (unpaired) electrons. The van der Waals surface area contributed by atoms with Gasteiger partial charge in [-0.05, 0) is 49.6 Å². The SMILES string of the molecule is CC(C)CC[C@H]1CCCC(CC2CNC2)C1. The van der Waals surface area contributed by atoms with Crippen LogP contribution in [0.25, 0.3) is 0 Å². The summed E-state index contributed by atoms with van der Waals surface area (Å²) in [5.74, 6) is 4.05. The minimum atomic E-state index is 0.899. The Morgan fingerprint density at radius 3 is 2.44 bits per heavy atom. The second-order valence-corrected chi connectivity index (χ2v) is 6.63. The molecule has 0 bridgehead atoms. The number of hydrogen-bond donors (Lipinski definition) is 1. The zero-order valence-corrected chi connectivity index (χ0v) is 11.2. The summed E-state index contributed by atoms with van der Waals surface area (Å²) in [7, 11) is 0. The highest BCUT2D eigenvalue weighted by atomic mass is 14.9. The molecule has 0 amide bonds. The zero-order valence-electron chi connectivity index (χ0n) is 11.2.